The van der Waals surface area contributed by atoms with Crippen molar-refractivity contribution >= 4 is 5.76 Å². The summed E-state index contributed by atoms with van der Waals surface area (Å²) >= 11 is 0. The molecule has 118 valence electrons. The molecule has 0 saturated heterocycles. The molecule has 0 aliphatic carbocycles. The van der Waals surface area contributed by atoms with E-state index in [2.05, 4.69) is 44.7 Å². The maximum Gasteiger partial charge on any atom is 0.118 e. The minimum Gasteiger partial charge on any atom is -0.497 e. The first-order valence-electron chi connectivity index (χ1n) is 8.56. The van der Waals surface area contributed by atoms with E-state index in [1.165, 1.54) is 56.9 Å². The second kappa shape index (κ2) is 10.5. The number of benzene rings is 1. The average Bonchev–Trinajstić information content (AvgIpc) is 2.53. The molecule has 0 radical (unpaired) electrons. The summed E-state index contributed by atoms with van der Waals surface area (Å²) in [5.41, 5.74) is 2.57. The van der Waals surface area contributed by atoms with Gasteiger partial charge >= 0.3 is 0 Å². The van der Waals surface area contributed by atoms with Gasteiger partial charge in [0.15, 0.2) is 0 Å². The van der Waals surface area contributed by atoms with Crippen LogP contribution in [0.5, 0.6) is 0 Å². The van der Waals surface area contributed by atoms with Crippen LogP contribution in [0.4, 0.5) is 0 Å². The summed E-state index contributed by atoms with van der Waals surface area (Å²) in [7, 11) is 1.68. The fourth-order valence-electron chi connectivity index (χ4n) is 2.82. The molecular weight excluding hydrogens is 256 g/mol. The lowest BCUT2D eigenvalue weighted by molar-refractivity contribution is 0.371. The fourth-order valence-corrected chi connectivity index (χ4v) is 2.82. The van der Waals surface area contributed by atoms with E-state index < -0.39 is 0 Å². The number of rotatable bonds is 11. The lowest BCUT2D eigenvalue weighted by Crippen LogP contribution is -2.00. The quantitative estimate of drug-likeness (QED) is 0.331. The van der Waals surface area contributed by atoms with E-state index in [0.717, 1.165) is 11.3 Å². The molecule has 1 rings (SSSR count). The van der Waals surface area contributed by atoms with Crippen molar-refractivity contribution in [3.05, 3.63) is 42.0 Å². The van der Waals surface area contributed by atoms with Gasteiger partial charge in [-0.3, -0.25) is 0 Å². The van der Waals surface area contributed by atoms with Gasteiger partial charge in [0.1, 0.15) is 5.76 Å². The molecule has 0 fully saturated rings. The topological polar surface area (TPSA) is 9.23 Å². The van der Waals surface area contributed by atoms with E-state index in [-0.39, 0.29) is 0 Å². The van der Waals surface area contributed by atoms with Crippen LogP contribution in [0.2, 0.25) is 0 Å². The van der Waals surface area contributed by atoms with Crippen molar-refractivity contribution in [1.29, 1.82) is 0 Å². The lowest BCUT2D eigenvalue weighted by Gasteiger charge is -2.18. The van der Waals surface area contributed by atoms with Gasteiger partial charge < -0.3 is 4.74 Å². The van der Waals surface area contributed by atoms with Gasteiger partial charge in [-0.05, 0) is 24.3 Å². The molecule has 0 aliphatic rings. The van der Waals surface area contributed by atoms with Crippen molar-refractivity contribution in [3.8, 4) is 0 Å². The minimum atomic E-state index is 0.716. The van der Waals surface area contributed by atoms with Crippen LogP contribution in [-0.2, 0) is 4.74 Å². The molecule has 0 heterocycles. The average molecular weight is 288 g/mol. The Labute approximate surface area is 131 Å². The van der Waals surface area contributed by atoms with Crippen LogP contribution in [0, 0.1) is 0 Å². The molecular formula is C20H32O. The van der Waals surface area contributed by atoms with E-state index in [0.29, 0.717) is 5.92 Å². The second-order valence-electron chi connectivity index (χ2n) is 5.94. The molecule has 0 N–H and O–H groups in total. The maximum atomic E-state index is 5.20. The van der Waals surface area contributed by atoms with E-state index in [1.807, 2.05) is 0 Å². The molecule has 0 bridgehead atoms. The molecule has 0 atom stereocenters. The first-order valence-corrected chi connectivity index (χ1v) is 8.56. The van der Waals surface area contributed by atoms with Gasteiger partial charge in [0.25, 0.3) is 0 Å². The zero-order valence-corrected chi connectivity index (χ0v) is 14.2. The highest BCUT2D eigenvalue weighted by Gasteiger charge is 2.11. The predicted molar refractivity (Wildman–Crippen MR) is 93.5 cm³/mol. The molecule has 1 heteroatoms. The molecule has 21 heavy (non-hydrogen) atoms. The molecule has 0 aliphatic heterocycles. The van der Waals surface area contributed by atoms with Gasteiger partial charge in [-0.2, -0.15) is 0 Å². The number of methoxy groups -OCH3 is 1. The van der Waals surface area contributed by atoms with Crippen molar-refractivity contribution in [2.75, 3.05) is 7.11 Å². The molecule has 0 unspecified atom stereocenters. The molecule has 1 nitrogen and oxygen atoms in total. The number of hydrogen-bond donors (Lipinski definition) is 0. The Bertz CT molecular complexity index is 381. The SMILES string of the molecule is C=C(OC)c1ccc(C(CCCCC)CCCCC)cc1. The Balaban J connectivity index is 2.68. The first kappa shape index (κ1) is 17.8. The smallest absolute Gasteiger partial charge is 0.118 e. The molecule has 0 amide bonds. The van der Waals surface area contributed by atoms with Crippen molar-refractivity contribution < 1.29 is 4.74 Å². The summed E-state index contributed by atoms with van der Waals surface area (Å²) in [5, 5.41) is 0. The number of ether oxygens (including phenoxy) is 1. The molecule has 1 aromatic rings. The van der Waals surface area contributed by atoms with E-state index in [1.54, 1.807) is 7.11 Å². The summed E-state index contributed by atoms with van der Waals surface area (Å²) < 4.78 is 5.20. The van der Waals surface area contributed by atoms with Crippen molar-refractivity contribution in [2.45, 2.75) is 71.1 Å². The Morgan fingerprint density at radius 3 is 1.90 bits per heavy atom. The third kappa shape index (κ3) is 6.37. The maximum absolute atomic E-state index is 5.20. The van der Waals surface area contributed by atoms with E-state index >= 15 is 0 Å². The first-order chi connectivity index (χ1) is 10.2. The highest BCUT2D eigenvalue weighted by Crippen LogP contribution is 2.29. The standard InChI is InChI=1S/C20H32O/c1-5-7-9-11-19(12-10-8-6-2)20-15-13-18(14-16-20)17(3)21-4/h13-16,19H,3,5-12H2,1-2,4H3. The summed E-state index contributed by atoms with van der Waals surface area (Å²) in [6.45, 7) is 8.47. The summed E-state index contributed by atoms with van der Waals surface area (Å²) in [6.07, 6.45) is 10.6. The van der Waals surface area contributed by atoms with Gasteiger partial charge in [0, 0.05) is 5.56 Å². The summed E-state index contributed by atoms with van der Waals surface area (Å²) in [4.78, 5) is 0. The highest BCUT2D eigenvalue weighted by molar-refractivity contribution is 5.57. The largest absolute Gasteiger partial charge is 0.497 e. The zero-order valence-electron chi connectivity index (χ0n) is 14.2. The lowest BCUT2D eigenvalue weighted by atomic mass is 9.88. The Morgan fingerprint density at radius 1 is 0.952 bits per heavy atom. The number of hydrogen-bond acceptors (Lipinski definition) is 1. The molecule has 0 aromatic heterocycles. The second-order valence-corrected chi connectivity index (χ2v) is 5.94. The van der Waals surface area contributed by atoms with Crippen molar-refractivity contribution in [2.24, 2.45) is 0 Å². The third-order valence-electron chi connectivity index (χ3n) is 4.26. The zero-order chi connectivity index (χ0) is 15.5. The molecule has 0 saturated carbocycles. The Kier molecular flexibility index (Phi) is 8.89. The van der Waals surface area contributed by atoms with Crippen LogP contribution >= 0.6 is 0 Å². The predicted octanol–water partition coefficient (Wildman–Crippen LogP) is 6.55. The Hall–Kier alpha value is -1.24. The van der Waals surface area contributed by atoms with E-state index in [4.69, 9.17) is 4.74 Å². The van der Waals surface area contributed by atoms with Crippen LogP contribution in [0.25, 0.3) is 5.76 Å². The Morgan fingerprint density at radius 2 is 1.48 bits per heavy atom. The molecule has 1 aromatic carbocycles. The summed E-state index contributed by atoms with van der Waals surface area (Å²) in [5.74, 6) is 1.46. The van der Waals surface area contributed by atoms with Crippen LogP contribution in [0.15, 0.2) is 30.8 Å². The summed E-state index contributed by atoms with van der Waals surface area (Å²) in [6, 6.07) is 8.83. The van der Waals surface area contributed by atoms with Gasteiger partial charge in [0.2, 0.25) is 0 Å². The van der Waals surface area contributed by atoms with Crippen molar-refractivity contribution in [1.82, 2.24) is 0 Å². The van der Waals surface area contributed by atoms with Crippen LogP contribution in [-0.4, -0.2) is 7.11 Å². The minimum absolute atomic E-state index is 0.716. The third-order valence-corrected chi connectivity index (χ3v) is 4.26. The normalized spacial score (nSPS) is 10.9. The molecule has 0 spiro atoms. The fraction of sp³-hybridized carbons (Fsp3) is 0.600. The highest BCUT2D eigenvalue weighted by atomic mass is 16.5. The van der Waals surface area contributed by atoms with Gasteiger partial charge in [-0.25, -0.2) is 0 Å². The van der Waals surface area contributed by atoms with Crippen LogP contribution in [0.1, 0.15) is 82.3 Å². The van der Waals surface area contributed by atoms with Gasteiger partial charge in [0.05, 0.1) is 7.11 Å². The van der Waals surface area contributed by atoms with Gasteiger partial charge in [-0.1, -0.05) is 83.2 Å². The van der Waals surface area contributed by atoms with Crippen molar-refractivity contribution in [3.63, 3.8) is 0 Å². The van der Waals surface area contributed by atoms with Crippen LogP contribution in [0.3, 0.4) is 0 Å². The monoisotopic (exact) mass is 288 g/mol. The van der Waals surface area contributed by atoms with Gasteiger partial charge in [-0.15, -0.1) is 0 Å². The number of unbranched alkanes of at least 4 members (excludes halogenated alkanes) is 4. The van der Waals surface area contributed by atoms with E-state index in [9.17, 15) is 0 Å². The van der Waals surface area contributed by atoms with Crippen LogP contribution < -0.4 is 0 Å².